The monoisotopic (exact) mass is 333 g/mol. The Hall–Kier alpha value is -2.34. The van der Waals surface area contributed by atoms with Crippen molar-refractivity contribution in [1.29, 1.82) is 0 Å². The van der Waals surface area contributed by atoms with Crippen molar-refractivity contribution in [3.63, 3.8) is 0 Å². The molecule has 1 aliphatic heterocycles. The van der Waals surface area contributed by atoms with Gasteiger partial charge in [-0.2, -0.15) is 0 Å². The molecule has 0 saturated carbocycles. The van der Waals surface area contributed by atoms with E-state index >= 15 is 0 Å². The van der Waals surface area contributed by atoms with E-state index in [1.165, 1.54) is 24.3 Å². The number of nitrogens with zero attached hydrogens (tertiary/aromatic N) is 1. The van der Waals surface area contributed by atoms with Crippen LogP contribution in [0.3, 0.4) is 0 Å². The Morgan fingerprint density at radius 3 is 2.62 bits per heavy atom. The van der Waals surface area contributed by atoms with Gasteiger partial charge in [0, 0.05) is 19.3 Å². The molecular weight excluding hydrogens is 313 g/mol. The molecule has 0 bridgehead atoms. The maximum Gasteiger partial charge on any atom is 0.261 e. The van der Waals surface area contributed by atoms with Crippen molar-refractivity contribution in [3.05, 3.63) is 54.2 Å². The molecule has 3 rings (SSSR count). The highest BCUT2D eigenvalue weighted by atomic mass is 19.1. The van der Waals surface area contributed by atoms with Gasteiger partial charge in [-0.25, -0.2) is 4.39 Å². The molecule has 1 aromatic heterocycles. The van der Waals surface area contributed by atoms with Crippen LogP contribution in [0, 0.1) is 5.82 Å². The summed E-state index contributed by atoms with van der Waals surface area (Å²) < 4.78 is 29.2. The molecule has 0 aliphatic carbocycles. The largest absolute Gasteiger partial charge is 0.484 e. The molecule has 2 heterocycles. The Balaban J connectivity index is 1.64. The lowest BCUT2D eigenvalue weighted by Gasteiger charge is -2.33. The standard InChI is InChI=1S/C18H20FNO4/c19-14-3-5-16(6-4-14)24-13-18(21)20(12-17-2-1-9-23-17)15-7-10-22-11-8-15/h1-6,9,15H,7-8,10-13H2. The van der Waals surface area contributed by atoms with Gasteiger partial charge in [0.05, 0.1) is 12.8 Å². The van der Waals surface area contributed by atoms with E-state index in [9.17, 15) is 9.18 Å². The Morgan fingerprint density at radius 2 is 1.96 bits per heavy atom. The predicted octanol–water partition coefficient (Wildman–Crippen LogP) is 3.01. The van der Waals surface area contributed by atoms with E-state index in [2.05, 4.69) is 0 Å². The smallest absolute Gasteiger partial charge is 0.261 e. The van der Waals surface area contributed by atoms with E-state index in [-0.39, 0.29) is 24.4 Å². The molecule has 1 fully saturated rings. The lowest BCUT2D eigenvalue weighted by atomic mass is 10.1. The van der Waals surface area contributed by atoms with Crippen LogP contribution in [0.25, 0.3) is 0 Å². The lowest BCUT2D eigenvalue weighted by molar-refractivity contribution is -0.138. The van der Waals surface area contributed by atoms with Gasteiger partial charge in [0.1, 0.15) is 17.3 Å². The van der Waals surface area contributed by atoms with Crippen LogP contribution in [-0.4, -0.2) is 36.7 Å². The van der Waals surface area contributed by atoms with Gasteiger partial charge < -0.3 is 18.8 Å². The minimum Gasteiger partial charge on any atom is -0.484 e. The fraction of sp³-hybridized carbons (Fsp3) is 0.389. The van der Waals surface area contributed by atoms with E-state index in [0.717, 1.165) is 18.6 Å². The van der Waals surface area contributed by atoms with E-state index in [0.29, 0.717) is 25.5 Å². The van der Waals surface area contributed by atoms with Gasteiger partial charge in [0.2, 0.25) is 0 Å². The summed E-state index contributed by atoms with van der Waals surface area (Å²) in [7, 11) is 0. The van der Waals surface area contributed by atoms with E-state index in [4.69, 9.17) is 13.9 Å². The number of carbonyl (C=O) groups is 1. The van der Waals surface area contributed by atoms with E-state index in [1.807, 2.05) is 6.07 Å². The maximum atomic E-state index is 12.9. The first-order valence-corrected chi connectivity index (χ1v) is 8.00. The third-order valence-electron chi connectivity index (χ3n) is 4.03. The van der Waals surface area contributed by atoms with Crippen LogP contribution >= 0.6 is 0 Å². The second-order valence-electron chi connectivity index (χ2n) is 5.69. The number of carbonyl (C=O) groups excluding carboxylic acids is 1. The van der Waals surface area contributed by atoms with Crippen LogP contribution in [0.15, 0.2) is 47.1 Å². The average Bonchev–Trinajstić information content (AvgIpc) is 3.13. The maximum absolute atomic E-state index is 12.9. The van der Waals surface area contributed by atoms with Crippen molar-refractivity contribution in [2.45, 2.75) is 25.4 Å². The molecule has 0 unspecified atom stereocenters. The lowest BCUT2D eigenvalue weighted by Crippen LogP contribution is -2.44. The Labute approximate surface area is 140 Å². The average molecular weight is 333 g/mol. The summed E-state index contributed by atoms with van der Waals surface area (Å²) in [5, 5.41) is 0. The summed E-state index contributed by atoms with van der Waals surface area (Å²) in [6, 6.07) is 9.38. The van der Waals surface area contributed by atoms with Crippen molar-refractivity contribution >= 4 is 5.91 Å². The quantitative estimate of drug-likeness (QED) is 0.815. The summed E-state index contributed by atoms with van der Waals surface area (Å²) >= 11 is 0. The van der Waals surface area contributed by atoms with E-state index in [1.54, 1.807) is 17.2 Å². The number of rotatable bonds is 6. The van der Waals surface area contributed by atoms with Gasteiger partial charge in [-0.1, -0.05) is 0 Å². The molecule has 24 heavy (non-hydrogen) atoms. The number of benzene rings is 1. The highest BCUT2D eigenvalue weighted by Crippen LogP contribution is 2.19. The molecule has 1 aliphatic rings. The molecule has 1 amide bonds. The minimum atomic E-state index is -0.338. The van der Waals surface area contributed by atoms with Crippen LogP contribution in [-0.2, 0) is 16.1 Å². The summed E-state index contributed by atoms with van der Waals surface area (Å²) in [6.45, 7) is 1.60. The zero-order chi connectivity index (χ0) is 16.8. The molecule has 5 nitrogen and oxygen atoms in total. The highest BCUT2D eigenvalue weighted by Gasteiger charge is 2.27. The normalized spacial score (nSPS) is 15.2. The molecule has 128 valence electrons. The number of hydrogen-bond donors (Lipinski definition) is 0. The summed E-state index contributed by atoms with van der Waals surface area (Å²) in [5.41, 5.74) is 0. The molecule has 0 N–H and O–H groups in total. The highest BCUT2D eigenvalue weighted by molar-refractivity contribution is 5.78. The fourth-order valence-electron chi connectivity index (χ4n) is 2.75. The molecule has 2 aromatic rings. The fourth-order valence-corrected chi connectivity index (χ4v) is 2.75. The number of furan rings is 1. The third kappa shape index (κ3) is 4.35. The number of halogens is 1. The second-order valence-corrected chi connectivity index (χ2v) is 5.69. The molecule has 6 heteroatoms. The molecule has 1 saturated heterocycles. The van der Waals surface area contributed by atoms with Crippen molar-refractivity contribution < 1.29 is 23.1 Å². The van der Waals surface area contributed by atoms with Crippen molar-refractivity contribution in [3.8, 4) is 5.75 Å². The predicted molar refractivity (Wildman–Crippen MR) is 85.0 cm³/mol. The van der Waals surface area contributed by atoms with Gasteiger partial charge in [0.25, 0.3) is 5.91 Å². The van der Waals surface area contributed by atoms with Crippen LogP contribution in [0.2, 0.25) is 0 Å². The molecular formula is C18H20FNO4. The SMILES string of the molecule is O=C(COc1ccc(F)cc1)N(Cc1ccco1)C1CCOCC1. The van der Waals surface area contributed by atoms with Crippen LogP contribution in [0.4, 0.5) is 4.39 Å². The van der Waals surface area contributed by atoms with Gasteiger partial charge in [-0.15, -0.1) is 0 Å². The topological polar surface area (TPSA) is 51.9 Å². The van der Waals surface area contributed by atoms with Gasteiger partial charge in [-0.3, -0.25) is 4.79 Å². The Morgan fingerprint density at radius 1 is 1.21 bits per heavy atom. The second kappa shape index (κ2) is 7.97. The Bertz CT molecular complexity index is 636. The van der Waals surface area contributed by atoms with Crippen molar-refractivity contribution in [2.24, 2.45) is 0 Å². The summed E-state index contributed by atoms with van der Waals surface area (Å²) in [5.74, 6) is 0.740. The molecule has 0 radical (unpaired) electrons. The minimum absolute atomic E-state index is 0.0936. The van der Waals surface area contributed by atoms with Crippen LogP contribution < -0.4 is 4.74 Å². The zero-order valence-electron chi connectivity index (χ0n) is 13.3. The van der Waals surface area contributed by atoms with Gasteiger partial charge >= 0.3 is 0 Å². The number of ether oxygens (including phenoxy) is 2. The number of hydrogen-bond acceptors (Lipinski definition) is 4. The van der Waals surface area contributed by atoms with Crippen molar-refractivity contribution in [1.82, 2.24) is 4.90 Å². The molecule has 0 spiro atoms. The van der Waals surface area contributed by atoms with Gasteiger partial charge in [-0.05, 0) is 49.2 Å². The molecule has 1 aromatic carbocycles. The van der Waals surface area contributed by atoms with Crippen LogP contribution in [0.5, 0.6) is 5.75 Å². The third-order valence-corrected chi connectivity index (χ3v) is 4.03. The first-order valence-electron chi connectivity index (χ1n) is 8.00. The zero-order valence-corrected chi connectivity index (χ0v) is 13.3. The summed E-state index contributed by atoms with van der Waals surface area (Å²) in [4.78, 5) is 14.4. The molecule has 0 atom stereocenters. The van der Waals surface area contributed by atoms with E-state index < -0.39 is 0 Å². The van der Waals surface area contributed by atoms with Crippen LogP contribution in [0.1, 0.15) is 18.6 Å². The van der Waals surface area contributed by atoms with Gasteiger partial charge in [0.15, 0.2) is 6.61 Å². The number of amides is 1. The summed E-state index contributed by atoms with van der Waals surface area (Å²) in [6.07, 6.45) is 3.18. The first-order chi connectivity index (χ1) is 11.7. The first kappa shape index (κ1) is 16.5. The Kier molecular flexibility index (Phi) is 5.48. The van der Waals surface area contributed by atoms with Crippen molar-refractivity contribution in [2.75, 3.05) is 19.8 Å².